The molecule has 0 spiro atoms. The third kappa shape index (κ3) is 6.79. The van der Waals surface area contributed by atoms with Gasteiger partial charge in [0, 0.05) is 0 Å². The van der Waals surface area contributed by atoms with E-state index in [1.165, 1.54) is 12.5 Å². The van der Waals surface area contributed by atoms with Crippen LogP contribution in [0.2, 0.25) is 38.8 Å². The average molecular weight is 233 g/mol. The van der Waals surface area contributed by atoms with Crippen molar-refractivity contribution in [3.63, 3.8) is 0 Å². The molecule has 0 rings (SSSR count). The van der Waals surface area contributed by atoms with Crippen LogP contribution in [0.25, 0.3) is 0 Å². The van der Waals surface area contributed by atoms with Crippen LogP contribution in [-0.2, 0) is 4.12 Å². The predicted molar refractivity (Wildman–Crippen MR) is 70.8 cm³/mol. The molecule has 14 heavy (non-hydrogen) atoms. The van der Waals surface area contributed by atoms with Gasteiger partial charge in [0.25, 0.3) is 0 Å². The van der Waals surface area contributed by atoms with Crippen molar-refractivity contribution in [2.75, 3.05) is 0 Å². The minimum atomic E-state index is -1.43. The van der Waals surface area contributed by atoms with Crippen molar-refractivity contribution in [3.05, 3.63) is 0 Å². The first kappa shape index (κ1) is 14.4. The van der Waals surface area contributed by atoms with E-state index in [9.17, 15) is 0 Å². The van der Waals surface area contributed by atoms with Crippen LogP contribution in [0.3, 0.4) is 0 Å². The third-order valence-electron chi connectivity index (χ3n) is 2.44. The SMILES string of the molecule is CCC(C)(C)C[Si](C)(C)O[Si](C)(C)C. The summed E-state index contributed by atoms with van der Waals surface area (Å²) in [7, 11) is -2.78. The van der Waals surface area contributed by atoms with Gasteiger partial charge in [-0.2, -0.15) is 0 Å². The van der Waals surface area contributed by atoms with Crippen LogP contribution in [0, 0.1) is 5.41 Å². The lowest BCUT2D eigenvalue weighted by atomic mass is 9.93. The van der Waals surface area contributed by atoms with E-state index in [1.54, 1.807) is 0 Å². The lowest BCUT2D eigenvalue weighted by Crippen LogP contribution is -2.44. The van der Waals surface area contributed by atoms with Crippen LogP contribution in [0.5, 0.6) is 0 Å². The minimum absolute atomic E-state index is 0.454. The van der Waals surface area contributed by atoms with Gasteiger partial charge in [0.15, 0.2) is 16.6 Å². The fraction of sp³-hybridized carbons (Fsp3) is 1.00. The Morgan fingerprint density at radius 1 is 1.00 bits per heavy atom. The zero-order chi connectivity index (χ0) is 11.6. The van der Waals surface area contributed by atoms with E-state index in [-0.39, 0.29) is 0 Å². The fourth-order valence-electron chi connectivity index (χ4n) is 2.14. The zero-order valence-corrected chi connectivity index (χ0v) is 13.3. The maximum Gasteiger partial charge on any atom is 0.173 e. The number of hydrogen-bond donors (Lipinski definition) is 0. The van der Waals surface area contributed by atoms with Crippen molar-refractivity contribution in [2.24, 2.45) is 5.41 Å². The lowest BCUT2D eigenvalue weighted by molar-refractivity contribution is 0.372. The highest BCUT2D eigenvalue weighted by Gasteiger charge is 2.34. The molecular formula is C11H28OSi2. The fourth-order valence-corrected chi connectivity index (χ4v) is 11.6. The molecule has 0 bridgehead atoms. The van der Waals surface area contributed by atoms with Crippen molar-refractivity contribution in [2.45, 2.75) is 66.0 Å². The lowest BCUT2D eigenvalue weighted by Gasteiger charge is -2.37. The van der Waals surface area contributed by atoms with Gasteiger partial charge in [0.1, 0.15) is 0 Å². The molecule has 3 heteroatoms. The Labute approximate surface area is 92.5 Å². The molecule has 0 aliphatic carbocycles. The monoisotopic (exact) mass is 232 g/mol. The summed E-state index contributed by atoms with van der Waals surface area (Å²) >= 11 is 0. The van der Waals surface area contributed by atoms with Gasteiger partial charge in [-0.05, 0) is 44.2 Å². The summed E-state index contributed by atoms with van der Waals surface area (Å²) < 4.78 is 6.34. The van der Waals surface area contributed by atoms with Crippen molar-refractivity contribution >= 4 is 16.6 Å². The molecule has 0 amide bonds. The summed E-state index contributed by atoms with van der Waals surface area (Å²) in [5, 5.41) is 0. The maximum atomic E-state index is 6.34. The Morgan fingerprint density at radius 3 is 1.71 bits per heavy atom. The summed E-state index contributed by atoms with van der Waals surface area (Å²) in [4.78, 5) is 0. The largest absolute Gasteiger partial charge is 0.456 e. The van der Waals surface area contributed by atoms with Gasteiger partial charge in [-0.1, -0.05) is 27.2 Å². The molecule has 0 atom stereocenters. The molecule has 0 aliphatic heterocycles. The maximum absolute atomic E-state index is 6.34. The molecule has 1 nitrogen and oxygen atoms in total. The molecule has 86 valence electrons. The van der Waals surface area contributed by atoms with Crippen molar-refractivity contribution in [3.8, 4) is 0 Å². The summed E-state index contributed by atoms with van der Waals surface area (Å²) in [5.74, 6) is 0. The second-order valence-corrected chi connectivity index (χ2v) is 15.6. The molecule has 0 N–H and O–H groups in total. The van der Waals surface area contributed by atoms with Gasteiger partial charge in [0.2, 0.25) is 0 Å². The highest BCUT2D eigenvalue weighted by Crippen LogP contribution is 2.33. The first-order valence-corrected chi connectivity index (χ1v) is 12.2. The minimum Gasteiger partial charge on any atom is -0.456 e. The molecule has 0 radical (unpaired) electrons. The van der Waals surface area contributed by atoms with Gasteiger partial charge in [-0.3, -0.25) is 0 Å². The van der Waals surface area contributed by atoms with Crippen molar-refractivity contribution in [1.29, 1.82) is 0 Å². The number of hydrogen-bond acceptors (Lipinski definition) is 1. The molecule has 0 unspecified atom stereocenters. The molecule has 0 aromatic heterocycles. The Kier molecular flexibility index (Phi) is 4.62. The van der Waals surface area contributed by atoms with E-state index in [2.05, 4.69) is 53.5 Å². The standard InChI is InChI=1S/C11H28OSi2/c1-9-11(2,3)10-14(7,8)12-13(4,5)6/h9-10H2,1-8H3. The first-order chi connectivity index (χ1) is 5.97. The van der Waals surface area contributed by atoms with Crippen LogP contribution in [0.1, 0.15) is 27.2 Å². The second-order valence-electron chi connectivity index (χ2n) is 6.67. The van der Waals surface area contributed by atoms with Crippen molar-refractivity contribution in [1.82, 2.24) is 0 Å². The van der Waals surface area contributed by atoms with Gasteiger partial charge >= 0.3 is 0 Å². The van der Waals surface area contributed by atoms with E-state index < -0.39 is 16.6 Å². The van der Waals surface area contributed by atoms with Crippen LogP contribution in [-0.4, -0.2) is 16.6 Å². The topological polar surface area (TPSA) is 9.23 Å². The zero-order valence-electron chi connectivity index (χ0n) is 11.3. The highest BCUT2D eigenvalue weighted by atomic mass is 28.4. The molecule has 0 aromatic carbocycles. The van der Waals surface area contributed by atoms with Crippen LogP contribution < -0.4 is 0 Å². The van der Waals surface area contributed by atoms with Crippen molar-refractivity contribution < 1.29 is 4.12 Å². The molecule has 0 heterocycles. The Hall–Kier alpha value is 0.394. The van der Waals surface area contributed by atoms with Gasteiger partial charge in [-0.25, -0.2) is 0 Å². The highest BCUT2D eigenvalue weighted by molar-refractivity contribution is 6.84. The van der Waals surface area contributed by atoms with E-state index in [4.69, 9.17) is 4.12 Å². The van der Waals surface area contributed by atoms with Crippen LogP contribution >= 0.6 is 0 Å². The quantitative estimate of drug-likeness (QED) is 0.635. The summed E-state index contributed by atoms with van der Waals surface area (Å²) in [5.41, 5.74) is 0.454. The van der Waals surface area contributed by atoms with E-state index in [0.29, 0.717) is 5.41 Å². The summed E-state index contributed by atoms with van der Waals surface area (Å²) in [6.45, 7) is 18.6. The summed E-state index contributed by atoms with van der Waals surface area (Å²) in [6, 6.07) is 1.28. The van der Waals surface area contributed by atoms with Gasteiger partial charge in [0.05, 0.1) is 0 Å². The Bertz CT molecular complexity index is 180. The Balaban J connectivity index is 4.35. The van der Waals surface area contributed by atoms with Gasteiger partial charge < -0.3 is 4.12 Å². The average Bonchev–Trinajstić information content (AvgIpc) is 1.78. The van der Waals surface area contributed by atoms with Crippen LogP contribution in [0.15, 0.2) is 0 Å². The predicted octanol–water partition coefficient (Wildman–Crippen LogP) is 4.48. The smallest absolute Gasteiger partial charge is 0.173 e. The summed E-state index contributed by atoms with van der Waals surface area (Å²) in [6.07, 6.45) is 1.25. The number of rotatable bonds is 5. The van der Waals surface area contributed by atoms with Crippen LogP contribution in [0.4, 0.5) is 0 Å². The second kappa shape index (κ2) is 4.50. The normalized spacial score (nSPS) is 14.6. The Morgan fingerprint density at radius 2 is 1.43 bits per heavy atom. The van der Waals surface area contributed by atoms with E-state index >= 15 is 0 Å². The molecule has 0 aromatic rings. The first-order valence-electron chi connectivity index (χ1n) is 5.68. The van der Waals surface area contributed by atoms with E-state index in [0.717, 1.165) is 0 Å². The molecule has 0 aliphatic rings. The third-order valence-corrected chi connectivity index (χ3v) is 8.91. The molecule has 0 saturated heterocycles. The van der Waals surface area contributed by atoms with E-state index in [1.807, 2.05) is 0 Å². The molecule has 0 saturated carbocycles. The van der Waals surface area contributed by atoms with Gasteiger partial charge in [-0.15, -0.1) is 0 Å². The molecular weight excluding hydrogens is 204 g/mol. The molecule has 0 fully saturated rings.